The standard InChI is InChI=1S/C13H28N2O/c1-7-11(3)15-12(16)9-14-8-10(2)13(4,5)6/h10-11,14H,7-9H2,1-6H3,(H,15,16). The SMILES string of the molecule is CCC(C)NC(=O)CNCC(C)C(C)(C)C. The van der Waals surface area contributed by atoms with E-state index in [1.165, 1.54) is 0 Å². The summed E-state index contributed by atoms with van der Waals surface area (Å²) >= 11 is 0. The molecule has 2 atom stereocenters. The van der Waals surface area contributed by atoms with Crippen LogP contribution in [0.25, 0.3) is 0 Å². The molecule has 3 heteroatoms. The highest BCUT2D eigenvalue weighted by molar-refractivity contribution is 5.78. The van der Waals surface area contributed by atoms with Crippen LogP contribution < -0.4 is 10.6 Å². The summed E-state index contributed by atoms with van der Waals surface area (Å²) in [5.41, 5.74) is 0.292. The van der Waals surface area contributed by atoms with Crippen molar-refractivity contribution in [1.82, 2.24) is 10.6 Å². The Morgan fingerprint density at radius 3 is 2.25 bits per heavy atom. The van der Waals surface area contributed by atoms with Gasteiger partial charge in [-0.1, -0.05) is 34.6 Å². The van der Waals surface area contributed by atoms with Crippen LogP contribution in [0.4, 0.5) is 0 Å². The Morgan fingerprint density at radius 1 is 1.25 bits per heavy atom. The lowest BCUT2D eigenvalue weighted by molar-refractivity contribution is -0.120. The molecule has 2 unspecified atom stereocenters. The van der Waals surface area contributed by atoms with Gasteiger partial charge < -0.3 is 10.6 Å². The van der Waals surface area contributed by atoms with E-state index in [0.29, 0.717) is 17.9 Å². The van der Waals surface area contributed by atoms with E-state index in [2.05, 4.69) is 45.3 Å². The van der Waals surface area contributed by atoms with Gasteiger partial charge in [0.1, 0.15) is 0 Å². The number of rotatable bonds is 6. The van der Waals surface area contributed by atoms with Crippen LogP contribution >= 0.6 is 0 Å². The van der Waals surface area contributed by atoms with Gasteiger partial charge in [0.25, 0.3) is 0 Å². The number of amides is 1. The van der Waals surface area contributed by atoms with Gasteiger partial charge in [0.05, 0.1) is 6.54 Å². The Hall–Kier alpha value is -0.570. The molecule has 0 saturated carbocycles. The second kappa shape index (κ2) is 6.89. The molecule has 0 aliphatic heterocycles. The largest absolute Gasteiger partial charge is 0.353 e. The van der Waals surface area contributed by atoms with Crippen molar-refractivity contribution in [1.29, 1.82) is 0 Å². The minimum atomic E-state index is 0.0930. The fraction of sp³-hybridized carbons (Fsp3) is 0.923. The molecule has 2 N–H and O–H groups in total. The number of hydrogen-bond donors (Lipinski definition) is 2. The van der Waals surface area contributed by atoms with E-state index in [-0.39, 0.29) is 11.9 Å². The van der Waals surface area contributed by atoms with Crippen LogP contribution in [0, 0.1) is 11.3 Å². The minimum Gasteiger partial charge on any atom is -0.353 e. The Labute approximate surface area is 100 Å². The first-order valence-electron chi connectivity index (χ1n) is 6.27. The maximum Gasteiger partial charge on any atom is 0.234 e. The molecule has 96 valence electrons. The van der Waals surface area contributed by atoms with Gasteiger partial charge in [-0.3, -0.25) is 4.79 Å². The molecular formula is C13H28N2O. The summed E-state index contributed by atoms with van der Waals surface area (Å²) in [6.07, 6.45) is 0.976. The van der Waals surface area contributed by atoms with E-state index in [4.69, 9.17) is 0 Å². The molecule has 16 heavy (non-hydrogen) atoms. The van der Waals surface area contributed by atoms with Gasteiger partial charge in [0.15, 0.2) is 0 Å². The van der Waals surface area contributed by atoms with Crippen LogP contribution in [0.5, 0.6) is 0 Å². The minimum absolute atomic E-state index is 0.0930. The highest BCUT2D eigenvalue weighted by Gasteiger charge is 2.19. The van der Waals surface area contributed by atoms with E-state index in [9.17, 15) is 4.79 Å². The molecule has 0 aromatic carbocycles. The second-order valence-electron chi connectivity index (χ2n) is 5.77. The zero-order valence-corrected chi connectivity index (χ0v) is 11.7. The number of nitrogens with one attached hydrogen (secondary N) is 2. The first-order chi connectivity index (χ1) is 7.27. The first kappa shape index (κ1) is 15.4. The summed E-state index contributed by atoms with van der Waals surface area (Å²) in [4.78, 5) is 11.5. The quantitative estimate of drug-likeness (QED) is 0.731. The van der Waals surface area contributed by atoms with Crippen molar-refractivity contribution < 1.29 is 4.79 Å². The maximum atomic E-state index is 11.5. The molecule has 0 rings (SSSR count). The lowest BCUT2D eigenvalue weighted by Gasteiger charge is -2.27. The summed E-state index contributed by atoms with van der Waals surface area (Å²) in [6, 6.07) is 0.273. The fourth-order valence-corrected chi connectivity index (χ4v) is 1.14. The highest BCUT2D eigenvalue weighted by atomic mass is 16.1. The van der Waals surface area contributed by atoms with Crippen LogP contribution in [0.3, 0.4) is 0 Å². The molecule has 0 aliphatic carbocycles. The fourth-order valence-electron chi connectivity index (χ4n) is 1.14. The molecule has 0 heterocycles. The van der Waals surface area contributed by atoms with Gasteiger partial charge in [-0.25, -0.2) is 0 Å². The molecule has 0 aliphatic rings. The van der Waals surface area contributed by atoms with Crippen LogP contribution in [-0.4, -0.2) is 25.0 Å². The van der Waals surface area contributed by atoms with E-state index >= 15 is 0 Å². The third-order valence-electron chi connectivity index (χ3n) is 3.23. The van der Waals surface area contributed by atoms with Gasteiger partial charge in [-0.2, -0.15) is 0 Å². The smallest absolute Gasteiger partial charge is 0.234 e. The molecule has 0 radical (unpaired) electrons. The van der Waals surface area contributed by atoms with Crippen molar-refractivity contribution in [3.05, 3.63) is 0 Å². The molecule has 0 spiro atoms. The van der Waals surface area contributed by atoms with Crippen molar-refractivity contribution in [3.8, 4) is 0 Å². The van der Waals surface area contributed by atoms with Crippen molar-refractivity contribution in [2.75, 3.05) is 13.1 Å². The number of hydrogen-bond acceptors (Lipinski definition) is 2. The summed E-state index contributed by atoms with van der Waals surface area (Å²) in [5, 5.41) is 6.15. The molecule has 0 aromatic rings. The van der Waals surface area contributed by atoms with Crippen LogP contribution in [-0.2, 0) is 4.79 Å². The lowest BCUT2D eigenvalue weighted by atomic mass is 9.82. The zero-order chi connectivity index (χ0) is 12.8. The normalized spacial score (nSPS) is 15.6. The summed E-state index contributed by atoms with van der Waals surface area (Å²) in [7, 11) is 0. The Morgan fingerprint density at radius 2 is 1.81 bits per heavy atom. The lowest BCUT2D eigenvalue weighted by Crippen LogP contribution is -2.40. The average Bonchev–Trinajstić information content (AvgIpc) is 2.15. The first-order valence-corrected chi connectivity index (χ1v) is 6.27. The predicted octanol–water partition coefficient (Wildman–Crippen LogP) is 2.17. The number of carbonyl (C=O) groups is 1. The van der Waals surface area contributed by atoms with Gasteiger partial charge in [0.2, 0.25) is 5.91 Å². The zero-order valence-electron chi connectivity index (χ0n) is 11.7. The van der Waals surface area contributed by atoms with E-state index in [1.54, 1.807) is 0 Å². The Kier molecular flexibility index (Phi) is 6.65. The summed E-state index contributed by atoms with van der Waals surface area (Å²) in [5.74, 6) is 0.652. The molecule has 0 bridgehead atoms. The van der Waals surface area contributed by atoms with Crippen LogP contribution in [0.1, 0.15) is 48.0 Å². The highest BCUT2D eigenvalue weighted by Crippen LogP contribution is 2.24. The topological polar surface area (TPSA) is 41.1 Å². The third kappa shape index (κ3) is 6.83. The monoisotopic (exact) mass is 228 g/mol. The van der Waals surface area contributed by atoms with Gasteiger partial charge >= 0.3 is 0 Å². The molecule has 1 amide bonds. The molecule has 0 aromatic heterocycles. The molecule has 0 saturated heterocycles. The van der Waals surface area contributed by atoms with Crippen molar-refractivity contribution in [2.45, 2.75) is 54.0 Å². The van der Waals surface area contributed by atoms with Crippen molar-refractivity contribution in [3.63, 3.8) is 0 Å². The maximum absolute atomic E-state index is 11.5. The predicted molar refractivity (Wildman–Crippen MR) is 69.4 cm³/mol. The molecular weight excluding hydrogens is 200 g/mol. The second-order valence-corrected chi connectivity index (χ2v) is 5.77. The van der Waals surface area contributed by atoms with Crippen molar-refractivity contribution >= 4 is 5.91 Å². The van der Waals surface area contributed by atoms with Crippen molar-refractivity contribution in [2.24, 2.45) is 11.3 Å². The van der Waals surface area contributed by atoms with E-state index in [0.717, 1.165) is 13.0 Å². The third-order valence-corrected chi connectivity index (χ3v) is 3.23. The summed E-state index contributed by atoms with van der Waals surface area (Å²) < 4.78 is 0. The summed E-state index contributed by atoms with van der Waals surface area (Å²) in [6.45, 7) is 14.3. The average molecular weight is 228 g/mol. The number of carbonyl (C=O) groups excluding carboxylic acids is 1. The van der Waals surface area contributed by atoms with Gasteiger partial charge in [0, 0.05) is 6.04 Å². The van der Waals surface area contributed by atoms with E-state index < -0.39 is 0 Å². The van der Waals surface area contributed by atoms with Gasteiger partial charge in [-0.15, -0.1) is 0 Å². The Bertz CT molecular complexity index is 208. The van der Waals surface area contributed by atoms with E-state index in [1.807, 2.05) is 6.92 Å². The molecule has 3 nitrogen and oxygen atoms in total. The van der Waals surface area contributed by atoms with Crippen LogP contribution in [0.15, 0.2) is 0 Å². The Balaban J connectivity index is 3.70. The molecule has 0 fully saturated rings. The van der Waals surface area contributed by atoms with Crippen LogP contribution in [0.2, 0.25) is 0 Å². The van der Waals surface area contributed by atoms with Gasteiger partial charge in [-0.05, 0) is 31.2 Å².